The van der Waals surface area contributed by atoms with E-state index in [1.54, 1.807) is 12.1 Å². The Balaban J connectivity index is 2.29. The minimum Gasteiger partial charge on any atom is -0.465 e. The van der Waals surface area contributed by atoms with Gasteiger partial charge in [0.05, 0.1) is 12.7 Å². The summed E-state index contributed by atoms with van der Waals surface area (Å²) < 4.78 is 4.56. The second-order valence-corrected chi connectivity index (χ2v) is 3.73. The molecule has 2 rings (SSSR count). The molecule has 0 saturated heterocycles. The maximum atomic E-state index is 11.2. The molecular formula is C12H9ClN2O2. The zero-order valence-electron chi connectivity index (χ0n) is 9.05. The third-order valence-electron chi connectivity index (χ3n) is 2.18. The lowest BCUT2D eigenvalue weighted by Crippen LogP contribution is -2.03. The Bertz CT molecular complexity index is 523. The molecule has 17 heavy (non-hydrogen) atoms. The number of carbonyl (C=O) groups is 1. The second kappa shape index (κ2) is 4.93. The predicted octanol–water partition coefficient (Wildman–Crippen LogP) is 2.58. The van der Waals surface area contributed by atoms with E-state index >= 15 is 0 Å². The predicted molar refractivity (Wildman–Crippen MR) is 63.8 cm³/mol. The first kappa shape index (κ1) is 11.5. The summed E-state index contributed by atoms with van der Waals surface area (Å²) in [5, 5.41) is 0.653. The van der Waals surface area contributed by atoms with Crippen molar-refractivity contribution in [3.8, 4) is 11.4 Å². The second-order valence-electron chi connectivity index (χ2n) is 3.29. The molecule has 0 saturated carbocycles. The number of methoxy groups -OCH3 is 1. The Morgan fingerprint density at radius 2 is 1.76 bits per heavy atom. The zero-order valence-corrected chi connectivity index (χ0v) is 9.81. The molecule has 0 atom stereocenters. The number of rotatable bonds is 2. The quantitative estimate of drug-likeness (QED) is 0.767. The molecule has 1 heterocycles. The summed E-state index contributed by atoms with van der Waals surface area (Å²) >= 11 is 5.78. The van der Waals surface area contributed by atoms with Crippen LogP contribution in [0.2, 0.25) is 5.02 Å². The van der Waals surface area contributed by atoms with E-state index in [1.165, 1.54) is 19.5 Å². The fourth-order valence-electron chi connectivity index (χ4n) is 1.30. The fourth-order valence-corrected chi connectivity index (χ4v) is 1.43. The third kappa shape index (κ3) is 2.60. The molecule has 0 aliphatic carbocycles. The molecule has 0 unspecified atom stereocenters. The summed E-state index contributed by atoms with van der Waals surface area (Å²) in [6.45, 7) is 0. The van der Waals surface area contributed by atoms with Gasteiger partial charge in [0, 0.05) is 23.0 Å². The van der Waals surface area contributed by atoms with Crippen molar-refractivity contribution in [2.45, 2.75) is 0 Å². The lowest BCUT2D eigenvalue weighted by Gasteiger charge is -2.01. The Labute approximate surface area is 103 Å². The van der Waals surface area contributed by atoms with Crippen LogP contribution >= 0.6 is 11.6 Å². The summed E-state index contributed by atoms with van der Waals surface area (Å²) in [6.07, 6.45) is 2.87. The van der Waals surface area contributed by atoms with Crippen molar-refractivity contribution >= 4 is 17.6 Å². The molecule has 0 amide bonds. The molecule has 0 bridgehead atoms. The summed E-state index contributed by atoms with van der Waals surface area (Å²) in [7, 11) is 1.31. The van der Waals surface area contributed by atoms with Gasteiger partial charge in [-0.3, -0.25) is 0 Å². The number of esters is 1. The number of ether oxygens (including phenoxy) is 1. The highest BCUT2D eigenvalue weighted by atomic mass is 35.5. The van der Waals surface area contributed by atoms with Gasteiger partial charge in [-0.15, -0.1) is 0 Å². The molecule has 5 heteroatoms. The van der Waals surface area contributed by atoms with Crippen molar-refractivity contribution in [2.75, 3.05) is 7.11 Å². The standard InChI is InChI=1S/C12H9ClN2O2/c1-17-12(16)9-6-14-11(15-7-9)8-2-4-10(13)5-3-8/h2-7H,1H3. The molecule has 0 N–H and O–H groups in total. The van der Waals surface area contributed by atoms with Crippen molar-refractivity contribution < 1.29 is 9.53 Å². The Morgan fingerprint density at radius 1 is 1.18 bits per heavy atom. The highest BCUT2D eigenvalue weighted by Crippen LogP contribution is 2.17. The van der Waals surface area contributed by atoms with Gasteiger partial charge in [0.25, 0.3) is 0 Å². The first-order valence-corrected chi connectivity index (χ1v) is 5.25. The Morgan fingerprint density at radius 3 is 2.29 bits per heavy atom. The van der Waals surface area contributed by atoms with E-state index in [4.69, 9.17) is 11.6 Å². The molecule has 2 aromatic rings. The molecule has 1 aromatic heterocycles. The monoisotopic (exact) mass is 248 g/mol. The third-order valence-corrected chi connectivity index (χ3v) is 2.43. The number of aromatic nitrogens is 2. The largest absolute Gasteiger partial charge is 0.465 e. The SMILES string of the molecule is COC(=O)c1cnc(-c2ccc(Cl)cc2)nc1. The van der Waals surface area contributed by atoms with Crippen molar-refractivity contribution in [2.24, 2.45) is 0 Å². The van der Waals surface area contributed by atoms with Crippen LogP contribution in [-0.2, 0) is 4.74 Å². The van der Waals surface area contributed by atoms with Crippen LogP contribution in [0.25, 0.3) is 11.4 Å². The molecular weight excluding hydrogens is 240 g/mol. The molecule has 0 radical (unpaired) electrons. The Kier molecular flexibility index (Phi) is 3.35. The van der Waals surface area contributed by atoms with Crippen LogP contribution in [0, 0.1) is 0 Å². The van der Waals surface area contributed by atoms with Crippen molar-refractivity contribution in [3.63, 3.8) is 0 Å². The van der Waals surface area contributed by atoms with E-state index in [1.807, 2.05) is 12.1 Å². The molecule has 0 aliphatic rings. The molecule has 0 fully saturated rings. The maximum Gasteiger partial charge on any atom is 0.341 e. The average molecular weight is 249 g/mol. The van der Waals surface area contributed by atoms with Gasteiger partial charge in [-0.05, 0) is 24.3 Å². The number of benzene rings is 1. The van der Waals surface area contributed by atoms with E-state index in [2.05, 4.69) is 14.7 Å². The number of hydrogen-bond acceptors (Lipinski definition) is 4. The van der Waals surface area contributed by atoms with Crippen LogP contribution in [0.3, 0.4) is 0 Å². The topological polar surface area (TPSA) is 52.1 Å². The minimum absolute atomic E-state index is 0.324. The van der Waals surface area contributed by atoms with Crippen LogP contribution < -0.4 is 0 Å². The van der Waals surface area contributed by atoms with Crippen LogP contribution in [0.4, 0.5) is 0 Å². The van der Waals surface area contributed by atoms with Gasteiger partial charge in [0.2, 0.25) is 0 Å². The molecule has 1 aromatic carbocycles. The van der Waals surface area contributed by atoms with Gasteiger partial charge in [-0.1, -0.05) is 11.6 Å². The van der Waals surface area contributed by atoms with Gasteiger partial charge in [-0.2, -0.15) is 0 Å². The normalized spacial score (nSPS) is 10.0. The molecule has 4 nitrogen and oxygen atoms in total. The number of carbonyl (C=O) groups excluding carboxylic acids is 1. The van der Waals surface area contributed by atoms with E-state index in [-0.39, 0.29) is 0 Å². The zero-order chi connectivity index (χ0) is 12.3. The van der Waals surface area contributed by atoms with Gasteiger partial charge in [-0.25, -0.2) is 14.8 Å². The van der Waals surface area contributed by atoms with E-state index in [0.717, 1.165) is 5.56 Å². The van der Waals surface area contributed by atoms with Gasteiger partial charge in [0.1, 0.15) is 0 Å². The van der Waals surface area contributed by atoms with Crippen LogP contribution in [-0.4, -0.2) is 23.0 Å². The summed E-state index contributed by atoms with van der Waals surface area (Å²) in [4.78, 5) is 19.4. The van der Waals surface area contributed by atoms with Gasteiger partial charge in [0.15, 0.2) is 5.82 Å². The highest BCUT2D eigenvalue weighted by Gasteiger charge is 2.07. The molecule has 0 spiro atoms. The van der Waals surface area contributed by atoms with E-state index < -0.39 is 5.97 Å². The molecule has 0 aliphatic heterocycles. The lowest BCUT2D eigenvalue weighted by molar-refractivity contribution is 0.0600. The fraction of sp³-hybridized carbons (Fsp3) is 0.0833. The lowest BCUT2D eigenvalue weighted by atomic mass is 10.2. The van der Waals surface area contributed by atoms with Gasteiger partial charge >= 0.3 is 5.97 Å². The number of halogens is 1. The Hall–Kier alpha value is -1.94. The van der Waals surface area contributed by atoms with Gasteiger partial charge < -0.3 is 4.74 Å². The number of hydrogen-bond donors (Lipinski definition) is 0. The van der Waals surface area contributed by atoms with E-state index in [9.17, 15) is 4.79 Å². The first-order chi connectivity index (χ1) is 8.20. The first-order valence-electron chi connectivity index (χ1n) is 4.87. The molecule has 86 valence electrons. The highest BCUT2D eigenvalue weighted by molar-refractivity contribution is 6.30. The summed E-state index contributed by atoms with van der Waals surface area (Å²) in [6, 6.07) is 7.15. The van der Waals surface area contributed by atoms with Crippen molar-refractivity contribution in [1.29, 1.82) is 0 Å². The maximum absolute atomic E-state index is 11.2. The minimum atomic E-state index is -0.451. The van der Waals surface area contributed by atoms with E-state index in [0.29, 0.717) is 16.4 Å². The average Bonchev–Trinajstić information content (AvgIpc) is 2.39. The number of nitrogens with zero attached hydrogens (tertiary/aromatic N) is 2. The van der Waals surface area contributed by atoms with Crippen LogP contribution in [0.1, 0.15) is 10.4 Å². The van der Waals surface area contributed by atoms with Crippen LogP contribution in [0.5, 0.6) is 0 Å². The van der Waals surface area contributed by atoms with Crippen molar-refractivity contribution in [3.05, 3.63) is 47.2 Å². The summed E-state index contributed by atoms with van der Waals surface area (Å²) in [5.74, 6) is 0.0852. The smallest absolute Gasteiger partial charge is 0.341 e. The summed E-state index contributed by atoms with van der Waals surface area (Å²) in [5.41, 5.74) is 1.16. The van der Waals surface area contributed by atoms with Crippen LogP contribution in [0.15, 0.2) is 36.7 Å². The van der Waals surface area contributed by atoms with Crippen molar-refractivity contribution in [1.82, 2.24) is 9.97 Å².